The van der Waals surface area contributed by atoms with Gasteiger partial charge in [-0.1, -0.05) is 0 Å². The Hall–Kier alpha value is -2.75. The molecule has 2 aliphatic rings. The van der Waals surface area contributed by atoms with Crippen molar-refractivity contribution in [3.63, 3.8) is 0 Å². The molecule has 0 radical (unpaired) electrons. The zero-order chi connectivity index (χ0) is 20.3. The number of nitro groups is 2. The Labute approximate surface area is 163 Å². The van der Waals surface area contributed by atoms with E-state index in [2.05, 4.69) is 4.90 Å². The van der Waals surface area contributed by atoms with Gasteiger partial charge in [0.15, 0.2) is 0 Å². The lowest BCUT2D eigenvalue weighted by Crippen LogP contribution is -2.55. The summed E-state index contributed by atoms with van der Waals surface area (Å²) >= 11 is 0. The van der Waals surface area contributed by atoms with E-state index in [9.17, 15) is 25.0 Å². The lowest BCUT2D eigenvalue weighted by molar-refractivity contribution is -0.393. The molecule has 0 bridgehead atoms. The molecule has 0 saturated carbocycles. The Morgan fingerprint density at radius 2 is 1.61 bits per heavy atom. The van der Waals surface area contributed by atoms with Crippen molar-refractivity contribution in [2.45, 2.75) is 32.2 Å². The smallest absolute Gasteiger partial charge is 0.299 e. The SMILES string of the molecule is C[C@@H](C(=O)N1CCCCC1)N1CCN(c2ccc([N+](=O)[O-])cc2[N+](=O)[O-])CC1. The van der Waals surface area contributed by atoms with Crippen molar-refractivity contribution in [3.8, 4) is 0 Å². The molecule has 1 aromatic carbocycles. The first-order valence-corrected chi connectivity index (χ1v) is 9.59. The quantitative estimate of drug-likeness (QED) is 0.557. The first kappa shape index (κ1) is 20.0. The van der Waals surface area contributed by atoms with Crippen molar-refractivity contribution in [3.05, 3.63) is 38.4 Å². The molecule has 0 N–H and O–H groups in total. The van der Waals surface area contributed by atoms with Crippen LogP contribution in [0.5, 0.6) is 0 Å². The summed E-state index contributed by atoms with van der Waals surface area (Å²) in [4.78, 5) is 39.7. The average Bonchev–Trinajstić information content (AvgIpc) is 2.73. The number of amides is 1. The molecule has 152 valence electrons. The largest absolute Gasteiger partial charge is 0.363 e. The Balaban J connectivity index is 1.65. The molecule has 10 heteroatoms. The van der Waals surface area contributed by atoms with E-state index in [1.165, 1.54) is 18.6 Å². The summed E-state index contributed by atoms with van der Waals surface area (Å²) in [5.74, 6) is 0.148. The standard InChI is InChI=1S/C18H25N5O5/c1-14(18(24)21-7-3-2-4-8-21)19-9-11-20(12-10-19)16-6-5-15(22(25)26)13-17(16)23(27)28/h5-6,13-14H,2-4,7-12H2,1H3/t14-/m0/s1. The second-order valence-corrected chi connectivity index (χ2v) is 7.27. The minimum atomic E-state index is -0.636. The number of carbonyl (C=O) groups is 1. The molecule has 2 fully saturated rings. The maximum Gasteiger partial charge on any atom is 0.299 e. The zero-order valence-corrected chi connectivity index (χ0v) is 16.0. The fourth-order valence-electron chi connectivity index (χ4n) is 3.92. The molecule has 0 unspecified atom stereocenters. The van der Waals surface area contributed by atoms with E-state index in [-0.39, 0.29) is 23.3 Å². The highest BCUT2D eigenvalue weighted by Crippen LogP contribution is 2.32. The predicted octanol–water partition coefficient (Wildman–Crippen LogP) is 2.03. The number of anilines is 1. The molecule has 0 spiro atoms. The molecule has 2 aliphatic heterocycles. The van der Waals surface area contributed by atoms with E-state index in [1.807, 2.05) is 16.7 Å². The Bertz CT molecular complexity index is 757. The molecule has 28 heavy (non-hydrogen) atoms. The number of rotatable bonds is 5. The summed E-state index contributed by atoms with van der Waals surface area (Å²) in [6.07, 6.45) is 3.27. The number of piperazine rings is 1. The van der Waals surface area contributed by atoms with Crippen molar-refractivity contribution >= 4 is 23.0 Å². The number of nitrogens with zero attached hydrogens (tertiary/aromatic N) is 5. The van der Waals surface area contributed by atoms with Gasteiger partial charge in [0.05, 0.1) is 22.0 Å². The predicted molar refractivity (Wildman–Crippen MR) is 103 cm³/mol. The van der Waals surface area contributed by atoms with Gasteiger partial charge in [0.2, 0.25) is 5.91 Å². The minimum absolute atomic E-state index is 0.148. The van der Waals surface area contributed by atoms with Gasteiger partial charge in [-0.15, -0.1) is 0 Å². The fraction of sp³-hybridized carbons (Fsp3) is 0.611. The number of piperidine rings is 1. The van der Waals surface area contributed by atoms with Crippen molar-refractivity contribution in [2.75, 3.05) is 44.2 Å². The van der Waals surface area contributed by atoms with Crippen LogP contribution in [-0.4, -0.2) is 70.9 Å². The number of hydrogen-bond donors (Lipinski definition) is 0. The highest BCUT2D eigenvalue weighted by molar-refractivity contribution is 5.81. The summed E-state index contributed by atoms with van der Waals surface area (Å²) in [5.41, 5.74) is -0.180. The highest BCUT2D eigenvalue weighted by Gasteiger charge is 2.31. The molecule has 1 amide bonds. The maximum absolute atomic E-state index is 12.7. The number of hydrogen-bond acceptors (Lipinski definition) is 7. The molecule has 0 aromatic heterocycles. The van der Waals surface area contributed by atoms with Crippen molar-refractivity contribution in [1.29, 1.82) is 0 Å². The number of likely N-dealkylation sites (tertiary alicyclic amines) is 1. The average molecular weight is 391 g/mol. The fourth-order valence-corrected chi connectivity index (χ4v) is 3.92. The van der Waals surface area contributed by atoms with Gasteiger partial charge in [-0.05, 0) is 32.3 Å². The maximum atomic E-state index is 12.7. The molecule has 3 rings (SSSR count). The second kappa shape index (κ2) is 8.51. The lowest BCUT2D eigenvalue weighted by Gasteiger charge is -2.40. The summed E-state index contributed by atoms with van der Waals surface area (Å²) in [6, 6.07) is 3.52. The summed E-state index contributed by atoms with van der Waals surface area (Å²) in [7, 11) is 0. The van der Waals surface area contributed by atoms with Crippen LogP contribution in [0, 0.1) is 20.2 Å². The van der Waals surface area contributed by atoms with Gasteiger partial charge in [0, 0.05) is 45.3 Å². The summed E-state index contributed by atoms with van der Waals surface area (Å²) in [5, 5.41) is 22.3. The van der Waals surface area contributed by atoms with Gasteiger partial charge in [0.1, 0.15) is 5.69 Å². The molecule has 1 aromatic rings. The van der Waals surface area contributed by atoms with E-state index >= 15 is 0 Å². The van der Waals surface area contributed by atoms with Crippen LogP contribution in [0.3, 0.4) is 0 Å². The van der Waals surface area contributed by atoms with Gasteiger partial charge < -0.3 is 9.80 Å². The van der Waals surface area contributed by atoms with Crippen LogP contribution in [-0.2, 0) is 4.79 Å². The van der Waals surface area contributed by atoms with Gasteiger partial charge in [-0.25, -0.2) is 0 Å². The van der Waals surface area contributed by atoms with E-state index in [0.717, 1.165) is 32.0 Å². The topological polar surface area (TPSA) is 113 Å². The third kappa shape index (κ3) is 4.22. The van der Waals surface area contributed by atoms with Crippen LogP contribution in [0.15, 0.2) is 18.2 Å². The van der Waals surface area contributed by atoms with Crippen LogP contribution >= 0.6 is 0 Å². The molecule has 10 nitrogen and oxygen atoms in total. The zero-order valence-electron chi connectivity index (χ0n) is 16.0. The molecule has 1 atom stereocenters. The number of benzene rings is 1. The van der Waals surface area contributed by atoms with E-state index in [1.54, 1.807) is 0 Å². The monoisotopic (exact) mass is 391 g/mol. The molecule has 0 aliphatic carbocycles. The Morgan fingerprint density at radius 1 is 0.964 bits per heavy atom. The van der Waals surface area contributed by atoms with Gasteiger partial charge in [-0.3, -0.25) is 29.9 Å². The van der Waals surface area contributed by atoms with Crippen molar-refractivity contribution in [2.24, 2.45) is 0 Å². The number of nitro benzene ring substituents is 2. The Kier molecular flexibility index (Phi) is 6.08. The van der Waals surface area contributed by atoms with Gasteiger partial charge >= 0.3 is 0 Å². The normalized spacial score (nSPS) is 19.3. The van der Waals surface area contributed by atoms with Crippen LogP contribution in [0.4, 0.5) is 17.1 Å². The first-order chi connectivity index (χ1) is 13.4. The van der Waals surface area contributed by atoms with Gasteiger partial charge in [0.25, 0.3) is 11.4 Å². The second-order valence-electron chi connectivity index (χ2n) is 7.27. The first-order valence-electron chi connectivity index (χ1n) is 9.59. The number of non-ortho nitro benzene ring substituents is 1. The molecular formula is C18H25N5O5. The van der Waals surface area contributed by atoms with E-state index < -0.39 is 9.85 Å². The minimum Gasteiger partial charge on any atom is -0.363 e. The lowest BCUT2D eigenvalue weighted by atomic mass is 10.1. The summed E-state index contributed by atoms with van der Waals surface area (Å²) in [6.45, 7) is 5.81. The van der Waals surface area contributed by atoms with Gasteiger partial charge in [-0.2, -0.15) is 0 Å². The summed E-state index contributed by atoms with van der Waals surface area (Å²) < 4.78 is 0. The molecular weight excluding hydrogens is 366 g/mol. The highest BCUT2D eigenvalue weighted by atomic mass is 16.6. The van der Waals surface area contributed by atoms with Crippen LogP contribution in [0.25, 0.3) is 0 Å². The van der Waals surface area contributed by atoms with Crippen LogP contribution in [0.1, 0.15) is 26.2 Å². The van der Waals surface area contributed by atoms with E-state index in [4.69, 9.17) is 0 Å². The van der Waals surface area contributed by atoms with Crippen molar-refractivity contribution < 1.29 is 14.6 Å². The van der Waals surface area contributed by atoms with Crippen LogP contribution < -0.4 is 4.90 Å². The third-order valence-corrected chi connectivity index (χ3v) is 5.59. The molecule has 2 saturated heterocycles. The Morgan fingerprint density at radius 3 is 2.18 bits per heavy atom. The number of carbonyl (C=O) groups excluding carboxylic acids is 1. The molecule has 2 heterocycles. The van der Waals surface area contributed by atoms with Crippen LogP contribution in [0.2, 0.25) is 0 Å². The van der Waals surface area contributed by atoms with Crippen molar-refractivity contribution in [1.82, 2.24) is 9.80 Å². The van der Waals surface area contributed by atoms with E-state index in [0.29, 0.717) is 31.9 Å². The third-order valence-electron chi connectivity index (χ3n) is 5.59.